The summed E-state index contributed by atoms with van der Waals surface area (Å²) in [6, 6.07) is 0. The van der Waals surface area contributed by atoms with Crippen molar-refractivity contribution in [2.75, 3.05) is 12.4 Å². The van der Waals surface area contributed by atoms with Crippen molar-refractivity contribution >= 4 is 29.3 Å². The molecule has 2 heterocycles. The number of rotatable bonds is 3. The minimum atomic E-state index is -0.569. The van der Waals surface area contributed by atoms with Gasteiger partial charge in [-0.05, 0) is 0 Å². The number of methoxy groups -OCH3 is 1. The molecule has 0 saturated heterocycles. The highest BCUT2D eigenvalue weighted by Crippen LogP contribution is 2.39. The standard InChI is InChI=1S/C9H11N5O3S/c1-17-8-6-9(12-3-11-8)18-4(7(16)13-6)2-5(15)14-10/h3-4H,2,10H2,1H3,(H,13,16)(H,14,15). The summed E-state index contributed by atoms with van der Waals surface area (Å²) in [7, 11) is 1.45. The Kier molecular flexibility index (Phi) is 3.63. The number of hydrogen-bond acceptors (Lipinski definition) is 7. The molecule has 0 aliphatic carbocycles. The van der Waals surface area contributed by atoms with Gasteiger partial charge in [-0.2, -0.15) is 4.98 Å². The smallest absolute Gasteiger partial charge is 0.241 e. The van der Waals surface area contributed by atoms with Crippen LogP contribution in [0, 0.1) is 0 Å². The SMILES string of the molecule is COc1ncnc2c1NC(=O)C(CC(=O)NN)S2. The van der Waals surface area contributed by atoms with Crippen molar-refractivity contribution in [2.45, 2.75) is 16.7 Å². The highest BCUT2D eigenvalue weighted by atomic mass is 32.2. The highest BCUT2D eigenvalue weighted by molar-refractivity contribution is 8.00. The van der Waals surface area contributed by atoms with Crippen LogP contribution in [0.2, 0.25) is 0 Å². The molecule has 96 valence electrons. The molecule has 1 unspecified atom stereocenters. The first-order valence-electron chi connectivity index (χ1n) is 5.01. The summed E-state index contributed by atoms with van der Waals surface area (Å²) in [5.41, 5.74) is 2.42. The fraction of sp³-hybridized carbons (Fsp3) is 0.333. The molecule has 0 aromatic carbocycles. The Bertz CT molecular complexity index is 495. The number of fused-ring (bicyclic) bond motifs is 1. The van der Waals surface area contributed by atoms with E-state index in [0.29, 0.717) is 16.6 Å². The Labute approximate surface area is 107 Å². The predicted molar refractivity (Wildman–Crippen MR) is 63.8 cm³/mol. The number of amides is 2. The lowest BCUT2D eigenvalue weighted by Gasteiger charge is -2.23. The van der Waals surface area contributed by atoms with Crippen LogP contribution in [0.3, 0.4) is 0 Å². The largest absolute Gasteiger partial charge is 0.479 e. The molecular weight excluding hydrogens is 258 g/mol. The van der Waals surface area contributed by atoms with Crippen LogP contribution in [0.5, 0.6) is 5.88 Å². The molecule has 1 atom stereocenters. The molecule has 0 fully saturated rings. The van der Waals surface area contributed by atoms with E-state index in [1.807, 2.05) is 5.43 Å². The van der Waals surface area contributed by atoms with Gasteiger partial charge in [0.15, 0.2) is 0 Å². The molecule has 8 nitrogen and oxygen atoms in total. The molecule has 1 aliphatic rings. The van der Waals surface area contributed by atoms with Crippen molar-refractivity contribution < 1.29 is 14.3 Å². The molecule has 2 amide bonds. The van der Waals surface area contributed by atoms with Crippen molar-refractivity contribution in [3.05, 3.63) is 6.33 Å². The van der Waals surface area contributed by atoms with Gasteiger partial charge in [0.05, 0.1) is 12.4 Å². The van der Waals surface area contributed by atoms with Crippen LogP contribution in [-0.2, 0) is 9.59 Å². The number of carbonyl (C=O) groups excluding carboxylic acids is 2. The van der Waals surface area contributed by atoms with Gasteiger partial charge in [0.2, 0.25) is 17.7 Å². The quantitative estimate of drug-likeness (QED) is 0.286. The van der Waals surface area contributed by atoms with Crippen molar-refractivity contribution in [1.29, 1.82) is 0 Å². The first-order chi connectivity index (χ1) is 8.65. The molecule has 1 aliphatic heterocycles. The Balaban J connectivity index is 2.23. The van der Waals surface area contributed by atoms with Gasteiger partial charge in [-0.25, -0.2) is 10.8 Å². The van der Waals surface area contributed by atoms with E-state index in [1.54, 1.807) is 0 Å². The first kappa shape index (κ1) is 12.6. The molecule has 4 N–H and O–H groups in total. The molecule has 0 spiro atoms. The van der Waals surface area contributed by atoms with Gasteiger partial charge < -0.3 is 10.1 Å². The number of nitrogens with two attached hydrogens (primary N) is 1. The van der Waals surface area contributed by atoms with E-state index in [4.69, 9.17) is 10.6 Å². The maximum Gasteiger partial charge on any atom is 0.241 e. The highest BCUT2D eigenvalue weighted by Gasteiger charge is 2.31. The van der Waals surface area contributed by atoms with E-state index >= 15 is 0 Å². The second kappa shape index (κ2) is 5.19. The van der Waals surface area contributed by atoms with Crippen LogP contribution < -0.4 is 21.3 Å². The Hall–Kier alpha value is -1.87. The van der Waals surface area contributed by atoms with E-state index < -0.39 is 11.2 Å². The maximum atomic E-state index is 11.8. The molecular formula is C9H11N5O3S. The predicted octanol–water partition coefficient (Wildman–Crippen LogP) is -0.722. The number of hydrazine groups is 1. The molecule has 2 rings (SSSR count). The molecule has 0 radical (unpaired) electrons. The van der Waals surface area contributed by atoms with Crippen LogP contribution in [0.25, 0.3) is 0 Å². The Morgan fingerprint density at radius 2 is 2.44 bits per heavy atom. The van der Waals surface area contributed by atoms with E-state index in [1.165, 1.54) is 25.2 Å². The van der Waals surface area contributed by atoms with Crippen LogP contribution in [-0.4, -0.2) is 34.1 Å². The molecule has 9 heteroatoms. The summed E-state index contributed by atoms with van der Waals surface area (Å²) in [6.07, 6.45) is 1.32. The van der Waals surface area contributed by atoms with Gasteiger partial charge in [0, 0.05) is 6.42 Å². The van der Waals surface area contributed by atoms with E-state index in [2.05, 4.69) is 15.3 Å². The monoisotopic (exact) mass is 269 g/mol. The lowest BCUT2D eigenvalue weighted by Crippen LogP contribution is -2.37. The van der Waals surface area contributed by atoms with Gasteiger partial charge in [-0.1, -0.05) is 11.8 Å². The molecule has 1 aromatic rings. The third-order valence-electron chi connectivity index (χ3n) is 2.30. The number of nitrogens with zero attached hydrogens (tertiary/aromatic N) is 2. The van der Waals surface area contributed by atoms with E-state index in [-0.39, 0.29) is 12.3 Å². The van der Waals surface area contributed by atoms with Crippen molar-refractivity contribution in [3.63, 3.8) is 0 Å². The fourth-order valence-corrected chi connectivity index (χ4v) is 2.49. The number of hydrogen-bond donors (Lipinski definition) is 3. The Morgan fingerprint density at radius 1 is 1.67 bits per heavy atom. The van der Waals surface area contributed by atoms with Gasteiger partial charge in [0.25, 0.3) is 0 Å². The summed E-state index contributed by atoms with van der Waals surface area (Å²) in [5, 5.41) is 2.63. The average Bonchev–Trinajstić information content (AvgIpc) is 2.38. The lowest BCUT2D eigenvalue weighted by atomic mass is 10.2. The van der Waals surface area contributed by atoms with Gasteiger partial charge in [-0.15, -0.1) is 0 Å². The van der Waals surface area contributed by atoms with Gasteiger partial charge >= 0.3 is 0 Å². The molecule has 0 bridgehead atoms. The second-order valence-electron chi connectivity index (χ2n) is 3.43. The average molecular weight is 269 g/mol. The summed E-state index contributed by atoms with van der Waals surface area (Å²) in [4.78, 5) is 30.9. The third kappa shape index (κ3) is 2.36. The fourth-order valence-electron chi connectivity index (χ4n) is 1.46. The molecule has 18 heavy (non-hydrogen) atoms. The third-order valence-corrected chi connectivity index (χ3v) is 3.50. The number of anilines is 1. The summed E-state index contributed by atoms with van der Waals surface area (Å²) in [5.74, 6) is 4.57. The zero-order chi connectivity index (χ0) is 13.1. The van der Waals surface area contributed by atoms with Gasteiger partial charge in [-0.3, -0.25) is 15.0 Å². The number of ether oxygens (including phenoxy) is 1. The van der Waals surface area contributed by atoms with Gasteiger partial charge in [0.1, 0.15) is 17.0 Å². The van der Waals surface area contributed by atoms with Crippen LogP contribution in [0.1, 0.15) is 6.42 Å². The van der Waals surface area contributed by atoms with Crippen molar-refractivity contribution in [1.82, 2.24) is 15.4 Å². The summed E-state index contributed by atoms with van der Waals surface area (Å²) >= 11 is 1.18. The minimum Gasteiger partial charge on any atom is -0.479 e. The number of nitrogens with one attached hydrogen (secondary N) is 2. The summed E-state index contributed by atoms with van der Waals surface area (Å²) < 4.78 is 5.02. The Morgan fingerprint density at radius 3 is 3.11 bits per heavy atom. The van der Waals surface area contributed by atoms with E-state index in [9.17, 15) is 9.59 Å². The first-order valence-corrected chi connectivity index (χ1v) is 5.89. The van der Waals surface area contributed by atoms with Crippen LogP contribution in [0.4, 0.5) is 5.69 Å². The van der Waals surface area contributed by atoms with Crippen molar-refractivity contribution in [2.24, 2.45) is 5.84 Å². The maximum absolute atomic E-state index is 11.8. The second-order valence-corrected chi connectivity index (χ2v) is 4.62. The van der Waals surface area contributed by atoms with Crippen LogP contribution in [0.15, 0.2) is 11.4 Å². The number of carbonyl (C=O) groups is 2. The molecule has 1 aromatic heterocycles. The zero-order valence-electron chi connectivity index (χ0n) is 9.47. The zero-order valence-corrected chi connectivity index (χ0v) is 10.3. The van der Waals surface area contributed by atoms with E-state index in [0.717, 1.165) is 0 Å². The lowest BCUT2D eigenvalue weighted by molar-refractivity contribution is -0.124. The topological polar surface area (TPSA) is 119 Å². The number of aromatic nitrogens is 2. The summed E-state index contributed by atoms with van der Waals surface area (Å²) in [6.45, 7) is 0. The molecule has 0 saturated carbocycles. The van der Waals surface area contributed by atoms with Crippen molar-refractivity contribution in [3.8, 4) is 5.88 Å². The number of thioether (sulfide) groups is 1. The minimum absolute atomic E-state index is 0.0151. The normalized spacial score (nSPS) is 17.7. The van der Waals surface area contributed by atoms with Crippen LogP contribution >= 0.6 is 11.8 Å².